The summed E-state index contributed by atoms with van der Waals surface area (Å²) in [5.41, 5.74) is 2.80. The maximum absolute atomic E-state index is 13.5. The SMILES string of the molecule is CCN(CC)CCN(C(=O)c1ccc(C(C)(C)C)cc1)c1nc2cc(OC)ccc2s1. The van der Waals surface area contributed by atoms with E-state index in [-0.39, 0.29) is 11.3 Å². The molecule has 0 radical (unpaired) electrons. The first-order valence-electron chi connectivity index (χ1n) is 10.9. The summed E-state index contributed by atoms with van der Waals surface area (Å²) in [5.74, 6) is 0.752. The quantitative estimate of drug-likeness (QED) is 0.459. The van der Waals surface area contributed by atoms with E-state index >= 15 is 0 Å². The number of benzene rings is 2. The lowest BCUT2D eigenvalue weighted by Crippen LogP contribution is -2.38. The van der Waals surface area contributed by atoms with Crippen molar-refractivity contribution in [2.45, 2.75) is 40.0 Å². The maximum atomic E-state index is 13.5. The van der Waals surface area contributed by atoms with Crippen molar-refractivity contribution < 1.29 is 9.53 Å². The summed E-state index contributed by atoms with van der Waals surface area (Å²) in [4.78, 5) is 22.5. The lowest BCUT2D eigenvalue weighted by atomic mass is 9.86. The van der Waals surface area contributed by atoms with Crippen molar-refractivity contribution in [1.29, 1.82) is 0 Å². The van der Waals surface area contributed by atoms with E-state index in [1.165, 1.54) is 5.56 Å². The Morgan fingerprint density at radius 2 is 1.71 bits per heavy atom. The lowest BCUT2D eigenvalue weighted by molar-refractivity contribution is 0.0983. The van der Waals surface area contributed by atoms with Crippen molar-refractivity contribution in [2.75, 3.05) is 38.2 Å². The summed E-state index contributed by atoms with van der Waals surface area (Å²) in [6.07, 6.45) is 0. The highest BCUT2D eigenvalue weighted by Gasteiger charge is 2.23. The summed E-state index contributed by atoms with van der Waals surface area (Å²) in [5, 5.41) is 0.723. The summed E-state index contributed by atoms with van der Waals surface area (Å²) in [7, 11) is 1.65. The molecule has 0 unspecified atom stereocenters. The number of hydrogen-bond acceptors (Lipinski definition) is 5. The Bertz CT molecular complexity index is 1020. The molecular weight excluding hydrogens is 406 g/mol. The molecule has 3 aromatic rings. The summed E-state index contributed by atoms with van der Waals surface area (Å²) < 4.78 is 6.37. The summed E-state index contributed by atoms with van der Waals surface area (Å²) in [6, 6.07) is 13.8. The van der Waals surface area contributed by atoms with E-state index in [0.717, 1.165) is 40.7 Å². The number of likely N-dealkylation sites (N-methyl/N-ethyl adjacent to an activating group) is 1. The van der Waals surface area contributed by atoms with E-state index in [4.69, 9.17) is 9.72 Å². The number of aromatic nitrogens is 1. The van der Waals surface area contributed by atoms with Crippen molar-refractivity contribution in [3.63, 3.8) is 0 Å². The molecule has 6 heteroatoms. The van der Waals surface area contributed by atoms with Crippen molar-refractivity contribution in [3.8, 4) is 5.75 Å². The third-order valence-electron chi connectivity index (χ3n) is 5.59. The second-order valence-electron chi connectivity index (χ2n) is 8.64. The van der Waals surface area contributed by atoms with Gasteiger partial charge in [0.05, 0.1) is 17.3 Å². The van der Waals surface area contributed by atoms with Crippen LogP contribution >= 0.6 is 11.3 Å². The molecule has 2 aromatic carbocycles. The molecular formula is C25H33N3O2S. The van der Waals surface area contributed by atoms with Gasteiger partial charge in [0.25, 0.3) is 5.91 Å². The number of nitrogens with zero attached hydrogens (tertiary/aromatic N) is 3. The minimum atomic E-state index is -0.0152. The van der Waals surface area contributed by atoms with Gasteiger partial charge in [-0.1, -0.05) is 58.1 Å². The second kappa shape index (κ2) is 9.79. The Labute approximate surface area is 189 Å². The molecule has 0 saturated heterocycles. The van der Waals surface area contributed by atoms with Crippen molar-refractivity contribution in [3.05, 3.63) is 53.6 Å². The first-order chi connectivity index (χ1) is 14.8. The number of methoxy groups -OCH3 is 1. The first-order valence-corrected chi connectivity index (χ1v) is 11.7. The van der Waals surface area contributed by atoms with Gasteiger partial charge in [-0.05, 0) is 48.3 Å². The Balaban J connectivity index is 1.94. The van der Waals surface area contributed by atoms with Crippen LogP contribution in [0.2, 0.25) is 0 Å². The van der Waals surface area contributed by atoms with Gasteiger partial charge in [0, 0.05) is 24.7 Å². The zero-order valence-corrected chi connectivity index (χ0v) is 20.3. The highest BCUT2D eigenvalue weighted by Crippen LogP contribution is 2.32. The maximum Gasteiger partial charge on any atom is 0.260 e. The molecule has 0 N–H and O–H groups in total. The molecule has 1 aromatic heterocycles. The van der Waals surface area contributed by atoms with E-state index in [1.807, 2.05) is 35.2 Å². The number of hydrogen-bond donors (Lipinski definition) is 0. The molecule has 166 valence electrons. The average Bonchev–Trinajstić information content (AvgIpc) is 3.18. The topological polar surface area (TPSA) is 45.7 Å². The van der Waals surface area contributed by atoms with Gasteiger partial charge in [-0.2, -0.15) is 0 Å². The molecule has 0 atom stereocenters. The van der Waals surface area contributed by atoms with Crippen LogP contribution in [-0.4, -0.2) is 49.1 Å². The van der Waals surface area contributed by atoms with Crippen LogP contribution in [-0.2, 0) is 5.41 Å². The van der Waals surface area contributed by atoms with Crippen LogP contribution in [0.1, 0.15) is 50.5 Å². The van der Waals surface area contributed by atoms with Gasteiger partial charge < -0.3 is 9.64 Å². The van der Waals surface area contributed by atoms with E-state index in [0.29, 0.717) is 12.1 Å². The van der Waals surface area contributed by atoms with Crippen LogP contribution < -0.4 is 9.64 Å². The lowest BCUT2D eigenvalue weighted by Gasteiger charge is -2.25. The van der Waals surface area contributed by atoms with E-state index in [9.17, 15) is 4.79 Å². The molecule has 31 heavy (non-hydrogen) atoms. The fraction of sp³-hybridized carbons (Fsp3) is 0.440. The van der Waals surface area contributed by atoms with Gasteiger partial charge in [0.15, 0.2) is 5.13 Å². The average molecular weight is 440 g/mol. The zero-order valence-electron chi connectivity index (χ0n) is 19.4. The molecule has 0 saturated carbocycles. The van der Waals surface area contributed by atoms with Crippen LogP contribution in [0.15, 0.2) is 42.5 Å². The monoisotopic (exact) mass is 439 g/mol. The Hall–Kier alpha value is -2.44. The summed E-state index contributed by atoms with van der Waals surface area (Å²) >= 11 is 1.54. The Morgan fingerprint density at radius 1 is 1.03 bits per heavy atom. The van der Waals surface area contributed by atoms with Crippen LogP contribution in [0.5, 0.6) is 5.75 Å². The third kappa shape index (κ3) is 5.43. The number of anilines is 1. The second-order valence-corrected chi connectivity index (χ2v) is 9.65. The minimum absolute atomic E-state index is 0.0152. The summed E-state index contributed by atoms with van der Waals surface area (Å²) in [6.45, 7) is 14.1. The molecule has 0 aliphatic heterocycles. The molecule has 0 aliphatic carbocycles. The van der Waals surface area contributed by atoms with E-state index < -0.39 is 0 Å². The zero-order chi connectivity index (χ0) is 22.6. The predicted molar refractivity (Wildman–Crippen MR) is 131 cm³/mol. The van der Waals surface area contributed by atoms with Gasteiger partial charge >= 0.3 is 0 Å². The normalized spacial score (nSPS) is 11.8. The van der Waals surface area contributed by atoms with Gasteiger partial charge in [-0.25, -0.2) is 4.98 Å². The number of amides is 1. The third-order valence-corrected chi connectivity index (χ3v) is 6.65. The molecule has 3 rings (SSSR count). The van der Waals surface area contributed by atoms with Crippen molar-refractivity contribution >= 4 is 32.6 Å². The minimum Gasteiger partial charge on any atom is -0.497 e. The number of fused-ring (bicyclic) bond motifs is 1. The van der Waals surface area contributed by atoms with Crippen LogP contribution in [0, 0.1) is 0 Å². The molecule has 1 heterocycles. The first kappa shape index (κ1) is 23.2. The van der Waals surface area contributed by atoms with Crippen LogP contribution in [0.4, 0.5) is 5.13 Å². The standard InChI is InChI=1S/C25H33N3O2S/c1-7-27(8-2)15-16-28(23(29)18-9-11-19(12-10-18)25(3,4)5)24-26-21-17-20(30-6)13-14-22(21)31-24/h9-14,17H,7-8,15-16H2,1-6H3. The fourth-order valence-electron chi connectivity index (χ4n) is 3.47. The molecule has 0 fully saturated rings. The van der Waals surface area contributed by atoms with Crippen LogP contribution in [0.3, 0.4) is 0 Å². The van der Waals surface area contributed by atoms with Gasteiger partial charge in [0.2, 0.25) is 0 Å². The highest BCUT2D eigenvalue weighted by atomic mass is 32.1. The Kier molecular flexibility index (Phi) is 7.34. The predicted octanol–water partition coefficient (Wildman–Crippen LogP) is 5.59. The van der Waals surface area contributed by atoms with Gasteiger partial charge in [-0.3, -0.25) is 9.69 Å². The Morgan fingerprint density at radius 3 is 2.29 bits per heavy atom. The highest BCUT2D eigenvalue weighted by molar-refractivity contribution is 7.22. The number of rotatable bonds is 8. The molecule has 5 nitrogen and oxygen atoms in total. The van der Waals surface area contributed by atoms with E-state index in [1.54, 1.807) is 18.4 Å². The smallest absolute Gasteiger partial charge is 0.260 e. The number of ether oxygens (including phenoxy) is 1. The van der Waals surface area contributed by atoms with Gasteiger partial charge in [-0.15, -0.1) is 0 Å². The number of thiazole rings is 1. The van der Waals surface area contributed by atoms with Crippen LogP contribution in [0.25, 0.3) is 10.2 Å². The van der Waals surface area contributed by atoms with Crippen molar-refractivity contribution in [2.24, 2.45) is 0 Å². The van der Waals surface area contributed by atoms with E-state index in [2.05, 4.69) is 51.7 Å². The fourth-order valence-corrected chi connectivity index (χ4v) is 4.44. The number of carbonyl (C=O) groups excluding carboxylic acids is 1. The number of carbonyl (C=O) groups is 1. The van der Waals surface area contributed by atoms with Crippen molar-refractivity contribution in [1.82, 2.24) is 9.88 Å². The molecule has 0 aliphatic rings. The molecule has 0 bridgehead atoms. The molecule has 0 spiro atoms. The largest absolute Gasteiger partial charge is 0.497 e. The van der Waals surface area contributed by atoms with Gasteiger partial charge in [0.1, 0.15) is 5.75 Å². The molecule has 1 amide bonds.